The first-order valence-corrected chi connectivity index (χ1v) is 9.93. The van der Waals surface area contributed by atoms with Gasteiger partial charge in [0, 0.05) is 24.5 Å². The Morgan fingerprint density at radius 1 is 0.583 bits per heavy atom. The summed E-state index contributed by atoms with van der Waals surface area (Å²) in [5, 5.41) is 6.75. The maximum absolute atomic E-state index is 5.73. The van der Waals surface area contributed by atoms with Crippen LogP contribution in [0.3, 0.4) is 0 Å². The molecule has 0 heterocycles. The highest BCUT2D eigenvalue weighted by Gasteiger charge is 1.94. The minimum atomic E-state index is 0.828. The van der Waals surface area contributed by atoms with E-state index >= 15 is 0 Å². The lowest BCUT2D eigenvalue weighted by molar-refractivity contribution is 0.538. The van der Waals surface area contributed by atoms with E-state index in [1.54, 1.807) is 0 Å². The number of nitrogens with two attached hydrogens (primary N) is 2. The molecule has 0 atom stereocenters. The van der Waals surface area contributed by atoms with E-state index in [9.17, 15) is 0 Å². The zero-order valence-electron chi connectivity index (χ0n) is 16.2. The molecule has 0 fully saturated rings. The maximum Gasteiger partial charge on any atom is 0.0348 e. The molecule has 0 bridgehead atoms. The van der Waals surface area contributed by atoms with Gasteiger partial charge in [-0.25, -0.2) is 0 Å². The number of hydrogen-bond donors (Lipinski definition) is 4. The van der Waals surface area contributed by atoms with Crippen LogP contribution in [0.1, 0.15) is 78.1 Å². The third kappa shape index (κ3) is 17.4. The van der Waals surface area contributed by atoms with E-state index in [2.05, 4.69) is 10.6 Å². The number of hydrogen-bond acceptors (Lipinski definition) is 4. The van der Waals surface area contributed by atoms with Crippen LogP contribution in [0, 0.1) is 0 Å². The van der Waals surface area contributed by atoms with Gasteiger partial charge in [-0.05, 0) is 39.8 Å². The fourth-order valence-corrected chi connectivity index (χ4v) is 2.58. The lowest BCUT2D eigenvalue weighted by atomic mass is 10.1. The molecule has 0 spiro atoms. The predicted octanol–water partition coefficient (Wildman–Crippen LogP) is 3.79. The monoisotopic (exact) mass is 338 g/mol. The van der Waals surface area contributed by atoms with Crippen LogP contribution < -0.4 is 22.1 Å². The van der Waals surface area contributed by atoms with Crippen LogP contribution in [0.2, 0.25) is 0 Å². The Hall–Kier alpha value is -1.00. The molecular weight excluding hydrogens is 296 g/mol. The summed E-state index contributed by atoms with van der Waals surface area (Å²) >= 11 is 0. The van der Waals surface area contributed by atoms with Crippen molar-refractivity contribution in [1.82, 2.24) is 10.6 Å². The van der Waals surface area contributed by atoms with Crippen molar-refractivity contribution in [3.8, 4) is 0 Å². The Balaban J connectivity index is 3.08. The van der Waals surface area contributed by atoms with Crippen molar-refractivity contribution in [1.29, 1.82) is 0 Å². The zero-order valence-corrected chi connectivity index (χ0v) is 16.2. The fourth-order valence-electron chi connectivity index (χ4n) is 2.58. The maximum atomic E-state index is 5.73. The molecule has 142 valence electrons. The van der Waals surface area contributed by atoms with Crippen molar-refractivity contribution in [2.24, 2.45) is 11.5 Å². The van der Waals surface area contributed by atoms with Crippen molar-refractivity contribution in [3.63, 3.8) is 0 Å². The summed E-state index contributed by atoms with van der Waals surface area (Å²) in [4.78, 5) is 0. The van der Waals surface area contributed by atoms with Crippen molar-refractivity contribution < 1.29 is 0 Å². The van der Waals surface area contributed by atoms with Crippen LogP contribution in [-0.2, 0) is 0 Å². The summed E-state index contributed by atoms with van der Waals surface area (Å²) in [7, 11) is 0. The second-order valence-corrected chi connectivity index (χ2v) is 6.62. The number of nitrogens with one attached hydrogen (secondary N) is 2. The van der Waals surface area contributed by atoms with E-state index < -0.39 is 0 Å². The van der Waals surface area contributed by atoms with Gasteiger partial charge in [0.2, 0.25) is 0 Å². The molecule has 4 heteroatoms. The molecule has 6 N–H and O–H groups in total. The van der Waals surface area contributed by atoms with Crippen molar-refractivity contribution in [2.75, 3.05) is 26.2 Å². The summed E-state index contributed by atoms with van der Waals surface area (Å²) < 4.78 is 0. The lowest BCUT2D eigenvalue weighted by Crippen LogP contribution is -2.21. The van der Waals surface area contributed by atoms with E-state index in [1.165, 1.54) is 64.2 Å². The quantitative estimate of drug-likeness (QED) is 0.304. The van der Waals surface area contributed by atoms with Crippen LogP contribution in [0.4, 0.5) is 0 Å². The molecule has 0 aliphatic carbocycles. The number of unbranched alkanes of at least 4 members (excludes halogenated alkanes) is 9. The molecule has 24 heavy (non-hydrogen) atoms. The molecule has 0 aromatic carbocycles. The number of allylic oxidation sites excluding steroid dienone is 2. The molecule has 0 radical (unpaired) electrons. The molecule has 0 unspecified atom stereocenters. The SMILES string of the molecule is C/C=C(\N)CNCCCCCCCCCCCCNC/C(N)=C/C. The van der Waals surface area contributed by atoms with Crippen LogP contribution in [-0.4, -0.2) is 26.2 Å². The normalized spacial score (nSPS) is 12.8. The van der Waals surface area contributed by atoms with Crippen molar-refractivity contribution in [2.45, 2.75) is 78.1 Å². The van der Waals surface area contributed by atoms with Crippen LogP contribution in [0.15, 0.2) is 23.5 Å². The van der Waals surface area contributed by atoms with E-state index in [-0.39, 0.29) is 0 Å². The smallest absolute Gasteiger partial charge is 0.0348 e. The van der Waals surface area contributed by atoms with Gasteiger partial charge in [0.25, 0.3) is 0 Å². The van der Waals surface area contributed by atoms with Crippen LogP contribution in [0.5, 0.6) is 0 Å². The first-order chi connectivity index (χ1) is 11.7. The Morgan fingerprint density at radius 3 is 1.17 bits per heavy atom. The van der Waals surface area contributed by atoms with E-state index in [4.69, 9.17) is 11.5 Å². The average molecular weight is 339 g/mol. The minimum Gasteiger partial charge on any atom is -0.401 e. The van der Waals surface area contributed by atoms with Gasteiger partial charge in [-0.1, -0.05) is 63.5 Å². The Morgan fingerprint density at radius 2 is 0.875 bits per heavy atom. The van der Waals surface area contributed by atoms with Gasteiger partial charge in [0.15, 0.2) is 0 Å². The molecule has 0 amide bonds. The molecule has 0 saturated carbocycles. The molecule has 0 aromatic heterocycles. The van der Waals surface area contributed by atoms with E-state index in [0.29, 0.717) is 0 Å². The van der Waals surface area contributed by atoms with Gasteiger partial charge in [-0.15, -0.1) is 0 Å². The lowest BCUT2D eigenvalue weighted by Gasteiger charge is -2.06. The van der Waals surface area contributed by atoms with Gasteiger partial charge < -0.3 is 22.1 Å². The standard InChI is InChI=1S/C20H42N4/c1-3-19(21)17-23-15-13-11-9-7-5-6-8-10-12-14-16-24-18-20(22)4-2/h3-4,23-24H,5-18,21-22H2,1-2H3/b19-3-,20-4-. The van der Waals surface area contributed by atoms with Crippen LogP contribution in [0.25, 0.3) is 0 Å². The molecule has 0 aliphatic heterocycles. The van der Waals surface area contributed by atoms with E-state index in [0.717, 1.165) is 37.6 Å². The highest BCUT2D eigenvalue weighted by molar-refractivity contribution is 4.96. The first-order valence-electron chi connectivity index (χ1n) is 9.93. The topological polar surface area (TPSA) is 76.1 Å². The first kappa shape index (κ1) is 23.0. The minimum absolute atomic E-state index is 0.828. The number of rotatable bonds is 17. The predicted molar refractivity (Wildman–Crippen MR) is 108 cm³/mol. The van der Waals surface area contributed by atoms with Gasteiger partial charge in [0.1, 0.15) is 0 Å². The summed E-state index contributed by atoms with van der Waals surface area (Å²) in [6, 6.07) is 0. The molecule has 0 aliphatic rings. The second-order valence-electron chi connectivity index (χ2n) is 6.62. The Labute approximate surface area is 150 Å². The summed E-state index contributed by atoms with van der Waals surface area (Å²) in [6.45, 7) is 7.79. The third-order valence-corrected chi connectivity index (χ3v) is 4.36. The molecule has 0 saturated heterocycles. The zero-order chi connectivity index (χ0) is 17.9. The van der Waals surface area contributed by atoms with Crippen molar-refractivity contribution >= 4 is 0 Å². The van der Waals surface area contributed by atoms with Gasteiger partial charge in [-0.3, -0.25) is 0 Å². The Bertz CT molecular complexity index is 292. The average Bonchev–Trinajstić information content (AvgIpc) is 2.60. The summed E-state index contributed by atoms with van der Waals surface area (Å²) in [5.74, 6) is 0. The summed E-state index contributed by atoms with van der Waals surface area (Å²) in [5.41, 5.74) is 13.3. The fraction of sp³-hybridized carbons (Fsp3) is 0.800. The van der Waals surface area contributed by atoms with Gasteiger partial charge in [-0.2, -0.15) is 0 Å². The van der Waals surface area contributed by atoms with E-state index in [1.807, 2.05) is 26.0 Å². The van der Waals surface area contributed by atoms with Crippen molar-refractivity contribution in [3.05, 3.63) is 23.5 Å². The largest absolute Gasteiger partial charge is 0.401 e. The van der Waals surface area contributed by atoms with Gasteiger partial charge in [0.05, 0.1) is 0 Å². The molecule has 0 aromatic rings. The molecule has 0 rings (SSSR count). The highest BCUT2D eigenvalue weighted by Crippen LogP contribution is 2.10. The highest BCUT2D eigenvalue weighted by atomic mass is 14.9. The molecular formula is C20H42N4. The summed E-state index contributed by atoms with van der Waals surface area (Å²) in [6.07, 6.45) is 17.4. The Kier molecular flexibility index (Phi) is 17.6. The third-order valence-electron chi connectivity index (χ3n) is 4.36. The second kappa shape index (κ2) is 18.3. The molecule has 4 nitrogen and oxygen atoms in total. The van der Waals surface area contributed by atoms with Gasteiger partial charge >= 0.3 is 0 Å². The van der Waals surface area contributed by atoms with Crippen LogP contribution >= 0.6 is 0 Å².